The molecule has 2 atom stereocenters. The fraction of sp³-hybridized carbons (Fsp3) is 0.371. The number of hydrogen-bond donors (Lipinski definition) is 3. The summed E-state index contributed by atoms with van der Waals surface area (Å²) < 4.78 is 57.1. The van der Waals surface area contributed by atoms with Gasteiger partial charge >= 0.3 is 12.1 Å². The van der Waals surface area contributed by atoms with Crippen molar-refractivity contribution in [2.75, 3.05) is 36.9 Å². The minimum Gasteiger partial charge on any atom is -0.465 e. The van der Waals surface area contributed by atoms with E-state index in [4.69, 9.17) is 15.2 Å². The van der Waals surface area contributed by atoms with Crippen LogP contribution in [0, 0.1) is 12.3 Å². The molecule has 0 bridgehead atoms. The summed E-state index contributed by atoms with van der Waals surface area (Å²) >= 11 is 0. The zero-order valence-corrected chi connectivity index (χ0v) is 27.1. The van der Waals surface area contributed by atoms with Gasteiger partial charge in [-0.3, -0.25) is 4.79 Å². The normalized spacial score (nSPS) is 18.2. The molecule has 0 amide bonds. The van der Waals surface area contributed by atoms with Gasteiger partial charge in [-0.15, -0.1) is 0 Å². The Labute approximate surface area is 280 Å². The number of rotatable bonds is 8. The number of aryl methyl sites for hydroxylation is 1. The Morgan fingerprint density at radius 2 is 1.86 bits per heavy atom. The summed E-state index contributed by atoms with van der Waals surface area (Å²) in [5, 5.41) is 8.75. The number of esters is 1. The molecule has 2 saturated heterocycles. The highest BCUT2D eigenvalue weighted by Crippen LogP contribution is 2.43. The van der Waals surface area contributed by atoms with Crippen LogP contribution < -0.4 is 20.7 Å². The number of hydrogen-bond acceptors (Lipinski definition) is 9. The van der Waals surface area contributed by atoms with Crippen molar-refractivity contribution in [2.45, 2.75) is 51.4 Å². The molecule has 1 spiro atoms. The number of halogens is 3. The summed E-state index contributed by atoms with van der Waals surface area (Å²) in [6.07, 6.45) is -1.55. The predicted molar refractivity (Wildman–Crippen MR) is 178 cm³/mol. The first-order valence-electron chi connectivity index (χ1n) is 16.3. The zero-order valence-electron chi connectivity index (χ0n) is 27.1. The van der Waals surface area contributed by atoms with Crippen molar-refractivity contribution in [3.8, 4) is 22.7 Å². The highest BCUT2D eigenvalue weighted by atomic mass is 19.4. The maximum atomic E-state index is 14.9. The summed E-state index contributed by atoms with van der Waals surface area (Å²) in [5.74, 6) is -0.357. The number of nitrogens with one attached hydrogen (secondary N) is 2. The van der Waals surface area contributed by atoms with Crippen LogP contribution in [0.25, 0.3) is 27.7 Å². The van der Waals surface area contributed by atoms with Gasteiger partial charge in [0.05, 0.1) is 18.0 Å². The van der Waals surface area contributed by atoms with E-state index in [-0.39, 0.29) is 40.5 Å². The topological polar surface area (TPSA) is 136 Å². The molecule has 0 saturated carbocycles. The lowest BCUT2D eigenvalue weighted by atomic mass is 9.76. The molecular formula is C35H37F3N8O3. The Morgan fingerprint density at radius 1 is 1.08 bits per heavy atom. The van der Waals surface area contributed by atoms with Crippen molar-refractivity contribution in [2.24, 2.45) is 5.41 Å². The largest absolute Gasteiger partial charge is 0.465 e. The second kappa shape index (κ2) is 12.7. The van der Waals surface area contributed by atoms with Gasteiger partial charge in [-0.2, -0.15) is 28.2 Å². The van der Waals surface area contributed by atoms with E-state index >= 15 is 0 Å². The highest BCUT2D eigenvalue weighted by Gasteiger charge is 2.46. The van der Waals surface area contributed by atoms with Crippen LogP contribution in [0.15, 0.2) is 67.0 Å². The van der Waals surface area contributed by atoms with E-state index in [0.717, 1.165) is 29.3 Å². The van der Waals surface area contributed by atoms with E-state index in [9.17, 15) is 18.0 Å². The molecule has 4 N–H and O–H groups in total. The lowest BCUT2D eigenvalue weighted by Gasteiger charge is -2.39. The Bertz CT molecular complexity index is 1980. The summed E-state index contributed by atoms with van der Waals surface area (Å²) in [5.41, 5.74) is 9.15. The smallest absolute Gasteiger partial charge is 0.429 e. The van der Waals surface area contributed by atoms with Gasteiger partial charge in [0.2, 0.25) is 17.9 Å². The van der Waals surface area contributed by atoms with E-state index in [1.54, 1.807) is 38.2 Å². The second-order valence-electron chi connectivity index (χ2n) is 12.8. The van der Waals surface area contributed by atoms with Gasteiger partial charge in [-0.25, -0.2) is 4.68 Å². The van der Waals surface area contributed by atoms with Gasteiger partial charge in [0.15, 0.2) is 0 Å². The van der Waals surface area contributed by atoms with Crippen molar-refractivity contribution < 1.29 is 27.4 Å². The number of nitrogens with two attached hydrogens (primary N) is 1. The maximum Gasteiger partial charge on any atom is 0.429 e. The van der Waals surface area contributed by atoms with Crippen LogP contribution in [-0.4, -0.2) is 69.2 Å². The SMILES string of the molecule is CCOC(=O)[C@@H]1CC2(CCN(c3cc(O[C@H](c4ccc(-c5ccc6cc[nH]c6c5)cc4-n4ccc(C)n4)C(F)(F)F)nc(N)n3)CC2)CN1. The van der Waals surface area contributed by atoms with Crippen LogP contribution in [0.4, 0.5) is 24.9 Å². The molecule has 11 nitrogen and oxygen atoms in total. The van der Waals surface area contributed by atoms with Crippen LogP contribution in [0.5, 0.6) is 5.88 Å². The molecule has 2 aromatic carbocycles. The number of carbonyl (C=O) groups is 1. The summed E-state index contributed by atoms with van der Waals surface area (Å²) in [6.45, 7) is 5.72. The molecule has 14 heteroatoms. The number of carbonyl (C=O) groups excluding carboxylic acids is 1. The number of nitrogens with zero attached hydrogens (tertiary/aromatic N) is 5. The number of anilines is 2. The van der Waals surface area contributed by atoms with E-state index in [1.165, 1.54) is 16.8 Å². The second-order valence-corrected chi connectivity index (χ2v) is 12.8. The van der Waals surface area contributed by atoms with Crippen LogP contribution in [0.2, 0.25) is 0 Å². The minimum atomic E-state index is -4.82. The first kappa shape index (κ1) is 32.4. The van der Waals surface area contributed by atoms with Crippen LogP contribution in [-0.2, 0) is 9.53 Å². The van der Waals surface area contributed by atoms with E-state index in [1.807, 2.05) is 35.4 Å². The number of ether oxygens (including phenoxy) is 2. The fourth-order valence-electron chi connectivity index (χ4n) is 6.92. The summed E-state index contributed by atoms with van der Waals surface area (Å²) in [4.78, 5) is 25.8. The number of benzene rings is 2. The zero-order chi connectivity index (χ0) is 34.3. The number of piperidine rings is 1. The van der Waals surface area contributed by atoms with Crippen molar-refractivity contribution in [1.82, 2.24) is 30.0 Å². The molecule has 2 aliphatic heterocycles. The number of aromatic amines is 1. The standard InChI is InChI=1S/C35H37F3N8O3/c1-3-48-32(47)27-19-34(20-41-27)10-14-45(15-11-34)29-18-30(43-33(39)42-29)49-31(35(36,37)38)25-7-6-24(17-28(25)46-13-9-21(2)44-46)23-5-4-22-8-12-40-26(22)16-23/h4-9,12-13,16-18,27,31,40-41H,3,10-11,14-15,19-20H2,1-2H3,(H2,39,42,43)/t27-,31+/m0/s1. The average molecular weight is 675 g/mol. The van der Waals surface area contributed by atoms with Crippen LogP contribution in [0.3, 0.4) is 0 Å². The van der Waals surface area contributed by atoms with Gasteiger partial charge in [0, 0.05) is 49.2 Å². The number of H-pyrrole nitrogens is 1. The molecule has 3 aromatic heterocycles. The van der Waals surface area contributed by atoms with Gasteiger partial charge in [-0.1, -0.05) is 24.3 Å². The monoisotopic (exact) mass is 674 g/mol. The molecule has 2 aliphatic rings. The van der Waals surface area contributed by atoms with Crippen molar-refractivity contribution in [1.29, 1.82) is 0 Å². The molecule has 7 rings (SSSR count). The fourth-order valence-corrected chi connectivity index (χ4v) is 6.92. The Hall–Kier alpha value is -5.11. The number of alkyl halides is 3. The van der Waals surface area contributed by atoms with E-state index in [0.29, 0.717) is 49.7 Å². The van der Waals surface area contributed by atoms with Crippen molar-refractivity contribution in [3.05, 3.63) is 78.2 Å². The highest BCUT2D eigenvalue weighted by molar-refractivity contribution is 5.85. The average Bonchev–Trinajstić information content (AvgIpc) is 3.83. The van der Waals surface area contributed by atoms with E-state index < -0.39 is 12.3 Å². The Balaban J connectivity index is 1.16. The molecule has 0 radical (unpaired) electrons. The molecule has 0 aliphatic carbocycles. The van der Waals surface area contributed by atoms with Gasteiger partial charge < -0.3 is 30.4 Å². The first-order chi connectivity index (χ1) is 23.5. The van der Waals surface area contributed by atoms with Gasteiger partial charge in [0.25, 0.3) is 0 Å². The van der Waals surface area contributed by atoms with Gasteiger partial charge in [0.1, 0.15) is 11.9 Å². The third-order valence-corrected chi connectivity index (χ3v) is 9.49. The molecule has 0 unspecified atom stereocenters. The number of nitrogen functional groups attached to an aromatic ring is 1. The number of aromatic nitrogens is 5. The van der Waals surface area contributed by atoms with Gasteiger partial charge in [-0.05, 0) is 79.3 Å². The van der Waals surface area contributed by atoms with Crippen molar-refractivity contribution in [3.63, 3.8) is 0 Å². The maximum absolute atomic E-state index is 14.9. The van der Waals surface area contributed by atoms with E-state index in [2.05, 4.69) is 25.4 Å². The van der Waals surface area contributed by atoms with Crippen LogP contribution >= 0.6 is 0 Å². The molecule has 5 heterocycles. The Kier molecular flexibility index (Phi) is 8.43. The Morgan fingerprint density at radius 3 is 2.59 bits per heavy atom. The summed E-state index contributed by atoms with van der Waals surface area (Å²) in [7, 11) is 0. The minimum absolute atomic E-state index is 0.0756. The summed E-state index contributed by atoms with van der Waals surface area (Å²) in [6, 6.07) is 15.3. The quantitative estimate of drug-likeness (QED) is 0.172. The predicted octanol–water partition coefficient (Wildman–Crippen LogP) is 5.90. The molecule has 2 fully saturated rings. The lowest BCUT2D eigenvalue weighted by Crippen LogP contribution is -2.41. The lowest BCUT2D eigenvalue weighted by molar-refractivity contribution is -0.198. The molecular weight excluding hydrogens is 637 g/mol. The first-order valence-corrected chi connectivity index (χ1v) is 16.3. The molecule has 49 heavy (non-hydrogen) atoms. The number of fused-ring (bicyclic) bond motifs is 1. The van der Waals surface area contributed by atoms with Crippen LogP contribution in [0.1, 0.15) is 43.5 Å². The molecule has 256 valence electrons. The molecule has 5 aromatic rings. The third-order valence-electron chi connectivity index (χ3n) is 9.49. The third kappa shape index (κ3) is 6.64. The van der Waals surface area contributed by atoms with Crippen molar-refractivity contribution >= 4 is 28.6 Å².